The van der Waals surface area contributed by atoms with Crippen molar-refractivity contribution in [2.24, 2.45) is 0 Å². The molecule has 30 heavy (non-hydrogen) atoms. The summed E-state index contributed by atoms with van der Waals surface area (Å²) in [5.74, 6) is -0.305. The largest absolute Gasteiger partial charge is 0.432 e. The molecule has 4 rings (SSSR count). The second kappa shape index (κ2) is 8.83. The molecule has 1 aliphatic carbocycles. The molecule has 7 heteroatoms. The first kappa shape index (κ1) is 20.3. The number of ketones is 2. The molecule has 1 aromatic carbocycles. The van der Waals surface area contributed by atoms with Gasteiger partial charge in [0.25, 0.3) is 0 Å². The van der Waals surface area contributed by atoms with E-state index in [2.05, 4.69) is 33.9 Å². The monoisotopic (exact) mass is 408 g/mol. The van der Waals surface area contributed by atoms with Gasteiger partial charge in [0.05, 0.1) is 5.70 Å². The summed E-state index contributed by atoms with van der Waals surface area (Å²) >= 11 is 0. The fourth-order valence-corrected chi connectivity index (χ4v) is 4.04. The van der Waals surface area contributed by atoms with Gasteiger partial charge in [-0.25, -0.2) is 4.98 Å². The summed E-state index contributed by atoms with van der Waals surface area (Å²) in [6.45, 7) is 9.73. The SMILES string of the molecule is CCN(CC)c1ccc(-c2nc3c(o2)C(=O)C(NCCN2CCCC2)=CC3=O)cc1. The number of benzene rings is 1. The number of anilines is 1. The van der Waals surface area contributed by atoms with Crippen LogP contribution in [0.25, 0.3) is 11.5 Å². The van der Waals surface area contributed by atoms with E-state index in [1.807, 2.05) is 24.3 Å². The average Bonchev–Trinajstić information content (AvgIpc) is 3.44. The number of nitrogens with one attached hydrogen (secondary N) is 1. The predicted molar refractivity (Wildman–Crippen MR) is 116 cm³/mol. The van der Waals surface area contributed by atoms with Crippen molar-refractivity contribution in [2.45, 2.75) is 26.7 Å². The van der Waals surface area contributed by atoms with Crippen LogP contribution in [0.4, 0.5) is 5.69 Å². The van der Waals surface area contributed by atoms with Crippen LogP contribution in [0.3, 0.4) is 0 Å². The van der Waals surface area contributed by atoms with Gasteiger partial charge >= 0.3 is 0 Å². The van der Waals surface area contributed by atoms with Gasteiger partial charge in [0.15, 0.2) is 5.69 Å². The van der Waals surface area contributed by atoms with Crippen molar-refractivity contribution in [2.75, 3.05) is 44.2 Å². The first-order valence-electron chi connectivity index (χ1n) is 10.7. The van der Waals surface area contributed by atoms with Crippen LogP contribution in [0.1, 0.15) is 47.7 Å². The van der Waals surface area contributed by atoms with Crippen LogP contribution < -0.4 is 10.2 Å². The Kier molecular flexibility index (Phi) is 5.99. The number of fused-ring (bicyclic) bond motifs is 1. The molecule has 0 atom stereocenters. The first-order valence-corrected chi connectivity index (χ1v) is 10.7. The highest BCUT2D eigenvalue weighted by atomic mass is 16.4. The van der Waals surface area contributed by atoms with E-state index >= 15 is 0 Å². The lowest BCUT2D eigenvalue weighted by Gasteiger charge is -2.20. The van der Waals surface area contributed by atoms with Gasteiger partial charge in [-0.2, -0.15) is 0 Å². The molecule has 0 radical (unpaired) electrons. The standard InChI is InChI=1S/C23H28N4O3/c1-3-27(4-2)17-9-7-16(8-10-17)23-25-20-19(28)15-18(21(29)22(20)30-23)24-11-14-26-12-5-6-13-26/h7-10,15,24H,3-6,11-14H2,1-2H3. The fraction of sp³-hybridized carbons (Fsp3) is 0.435. The van der Waals surface area contributed by atoms with Crippen molar-refractivity contribution in [1.29, 1.82) is 0 Å². The lowest BCUT2D eigenvalue weighted by atomic mass is 10.0. The smallest absolute Gasteiger partial charge is 0.246 e. The second-order valence-electron chi connectivity index (χ2n) is 7.64. The van der Waals surface area contributed by atoms with Crippen LogP contribution in [0.2, 0.25) is 0 Å². The topological polar surface area (TPSA) is 78.7 Å². The Morgan fingerprint density at radius 1 is 1.10 bits per heavy atom. The Labute approximate surface area is 176 Å². The van der Waals surface area contributed by atoms with Crippen molar-refractivity contribution in [3.63, 3.8) is 0 Å². The van der Waals surface area contributed by atoms with Gasteiger partial charge in [0.1, 0.15) is 0 Å². The highest BCUT2D eigenvalue weighted by Gasteiger charge is 2.32. The molecule has 0 spiro atoms. The van der Waals surface area contributed by atoms with Crippen molar-refractivity contribution in [3.05, 3.63) is 47.5 Å². The number of hydrogen-bond donors (Lipinski definition) is 1. The fourth-order valence-electron chi connectivity index (χ4n) is 4.04. The van der Waals surface area contributed by atoms with E-state index in [1.54, 1.807) is 0 Å². The van der Waals surface area contributed by atoms with Crippen LogP contribution in [-0.2, 0) is 0 Å². The van der Waals surface area contributed by atoms with Crippen molar-refractivity contribution in [3.8, 4) is 11.5 Å². The van der Waals surface area contributed by atoms with Crippen molar-refractivity contribution < 1.29 is 14.0 Å². The number of aromatic nitrogens is 1. The zero-order valence-corrected chi connectivity index (χ0v) is 17.6. The summed E-state index contributed by atoms with van der Waals surface area (Å²) < 4.78 is 5.75. The quantitative estimate of drug-likeness (QED) is 0.719. The predicted octanol–water partition coefficient (Wildman–Crippen LogP) is 3.14. The number of carbonyl (C=O) groups is 2. The summed E-state index contributed by atoms with van der Waals surface area (Å²) in [6, 6.07) is 7.81. The van der Waals surface area contributed by atoms with Crippen molar-refractivity contribution in [1.82, 2.24) is 15.2 Å². The summed E-state index contributed by atoms with van der Waals surface area (Å²) in [6.07, 6.45) is 3.78. The van der Waals surface area contributed by atoms with Gasteiger partial charge in [-0.3, -0.25) is 9.59 Å². The Balaban J connectivity index is 1.48. The molecule has 0 unspecified atom stereocenters. The zero-order chi connectivity index (χ0) is 21.1. The molecule has 2 heterocycles. The highest BCUT2D eigenvalue weighted by molar-refractivity contribution is 6.22. The molecule has 1 aliphatic heterocycles. The van der Waals surface area contributed by atoms with E-state index in [1.165, 1.54) is 18.9 Å². The molecule has 0 amide bonds. The van der Waals surface area contributed by atoms with Gasteiger partial charge < -0.3 is 19.5 Å². The van der Waals surface area contributed by atoms with Gasteiger partial charge in [0, 0.05) is 43.5 Å². The third kappa shape index (κ3) is 4.03. The van der Waals surface area contributed by atoms with E-state index in [4.69, 9.17) is 4.42 Å². The van der Waals surface area contributed by atoms with Crippen LogP contribution in [0, 0.1) is 0 Å². The molecule has 1 aromatic heterocycles. The maximum Gasteiger partial charge on any atom is 0.246 e. The molecular weight excluding hydrogens is 380 g/mol. The number of nitrogens with zero attached hydrogens (tertiary/aromatic N) is 3. The number of allylic oxidation sites excluding steroid dienone is 2. The molecule has 1 saturated heterocycles. The lowest BCUT2D eigenvalue weighted by molar-refractivity contribution is 0.0956. The minimum atomic E-state index is -0.315. The average molecular weight is 409 g/mol. The maximum atomic E-state index is 12.8. The van der Waals surface area contributed by atoms with Gasteiger partial charge in [-0.1, -0.05) is 0 Å². The summed E-state index contributed by atoms with van der Waals surface area (Å²) in [5, 5.41) is 3.11. The number of hydrogen-bond acceptors (Lipinski definition) is 7. The third-order valence-electron chi connectivity index (χ3n) is 5.77. The lowest BCUT2D eigenvalue weighted by Crippen LogP contribution is -2.33. The van der Waals surface area contributed by atoms with E-state index in [0.717, 1.165) is 44.0 Å². The molecule has 7 nitrogen and oxygen atoms in total. The molecule has 0 saturated carbocycles. The van der Waals surface area contributed by atoms with Crippen LogP contribution in [0.15, 0.2) is 40.5 Å². The molecule has 158 valence electrons. The maximum absolute atomic E-state index is 12.8. The normalized spacial score (nSPS) is 16.5. The van der Waals surface area contributed by atoms with Gasteiger partial charge in [-0.15, -0.1) is 0 Å². The number of carbonyl (C=O) groups excluding carboxylic acids is 2. The zero-order valence-electron chi connectivity index (χ0n) is 17.6. The van der Waals surface area contributed by atoms with Crippen LogP contribution in [0.5, 0.6) is 0 Å². The van der Waals surface area contributed by atoms with Crippen molar-refractivity contribution >= 4 is 17.3 Å². The van der Waals surface area contributed by atoms with Crippen LogP contribution in [-0.4, -0.2) is 60.7 Å². The Hall–Kier alpha value is -2.93. The molecule has 2 aromatic rings. The Morgan fingerprint density at radius 2 is 1.80 bits per heavy atom. The van der Waals surface area contributed by atoms with E-state index < -0.39 is 0 Å². The summed E-state index contributed by atoms with van der Waals surface area (Å²) in [5.41, 5.74) is 2.22. The van der Waals surface area contributed by atoms with E-state index in [0.29, 0.717) is 12.4 Å². The number of Topliss-reactive ketones (excluding diaryl/α,β-unsaturated/α-hetero) is 1. The molecule has 2 aliphatic rings. The molecule has 0 bridgehead atoms. The second-order valence-corrected chi connectivity index (χ2v) is 7.64. The molecule has 1 N–H and O–H groups in total. The Morgan fingerprint density at radius 3 is 2.47 bits per heavy atom. The molecular formula is C23H28N4O3. The molecule has 1 fully saturated rings. The van der Waals surface area contributed by atoms with Crippen LogP contribution >= 0.6 is 0 Å². The van der Waals surface area contributed by atoms with E-state index in [-0.39, 0.29) is 28.7 Å². The summed E-state index contributed by atoms with van der Waals surface area (Å²) in [7, 11) is 0. The third-order valence-corrected chi connectivity index (χ3v) is 5.77. The Bertz CT molecular complexity index is 951. The van der Waals surface area contributed by atoms with Gasteiger partial charge in [-0.05, 0) is 64.0 Å². The number of rotatable bonds is 8. The van der Waals surface area contributed by atoms with E-state index in [9.17, 15) is 9.59 Å². The summed E-state index contributed by atoms with van der Waals surface area (Å²) in [4.78, 5) is 34.2. The first-order chi connectivity index (χ1) is 14.6. The minimum Gasteiger partial charge on any atom is -0.432 e. The number of oxazole rings is 1. The highest BCUT2D eigenvalue weighted by Crippen LogP contribution is 2.28. The minimum absolute atomic E-state index is 0.0222. The number of likely N-dealkylation sites (tertiary alicyclic amines) is 1. The van der Waals surface area contributed by atoms with Gasteiger partial charge in [0.2, 0.25) is 23.2 Å².